The van der Waals surface area contributed by atoms with Gasteiger partial charge in [-0.3, -0.25) is 14.8 Å². The molecule has 170 valence electrons. The Morgan fingerprint density at radius 3 is 2.29 bits per heavy atom. The summed E-state index contributed by atoms with van der Waals surface area (Å²) in [4.78, 5) is 32.5. The van der Waals surface area contributed by atoms with Crippen molar-refractivity contribution in [1.29, 1.82) is 0 Å². The molecule has 0 aliphatic carbocycles. The topological polar surface area (TPSA) is 133 Å². The molecule has 1 atom stereocenters. The molecule has 2 amide bonds. The third-order valence-electron chi connectivity index (χ3n) is 5.24. The van der Waals surface area contributed by atoms with Crippen LogP contribution in [-0.2, 0) is 11.2 Å². The molecule has 0 radical (unpaired) electrons. The molecule has 1 unspecified atom stereocenters. The summed E-state index contributed by atoms with van der Waals surface area (Å²) in [7, 11) is 0. The third-order valence-corrected chi connectivity index (χ3v) is 5.24. The van der Waals surface area contributed by atoms with Crippen LogP contribution in [0.4, 0.5) is 16.2 Å². The maximum Gasteiger partial charge on any atom is 0.405 e. The highest BCUT2D eigenvalue weighted by Gasteiger charge is 2.17. The van der Waals surface area contributed by atoms with Crippen LogP contribution < -0.4 is 16.8 Å². The zero-order valence-electron chi connectivity index (χ0n) is 18.2. The van der Waals surface area contributed by atoms with Crippen LogP contribution >= 0.6 is 0 Å². The SMILES string of the molecule is NC(=O)OC(Cc1cccnc1)c1ccc(C(=O)Nc2cc(-c3cccnc3)ccc2N)cc1. The lowest BCUT2D eigenvalue weighted by Crippen LogP contribution is -2.19. The molecule has 34 heavy (non-hydrogen) atoms. The van der Waals surface area contributed by atoms with Crippen LogP contribution in [0.2, 0.25) is 0 Å². The highest BCUT2D eigenvalue weighted by Crippen LogP contribution is 2.28. The summed E-state index contributed by atoms with van der Waals surface area (Å²) in [5.74, 6) is -0.318. The second kappa shape index (κ2) is 10.3. The summed E-state index contributed by atoms with van der Waals surface area (Å²) in [6.45, 7) is 0. The number of ether oxygens (including phenoxy) is 1. The van der Waals surface area contributed by atoms with Crippen LogP contribution in [0.15, 0.2) is 91.5 Å². The van der Waals surface area contributed by atoms with Crippen molar-refractivity contribution in [2.24, 2.45) is 5.73 Å². The molecular formula is C26H23N5O3. The van der Waals surface area contributed by atoms with E-state index in [9.17, 15) is 9.59 Å². The van der Waals surface area contributed by atoms with Gasteiger partial charge in [-0.05, 0) is 53.1 Å². The van der Waals surface area contributed by atoms with Crippen LogP contribution in [-0.4, -0.2) is 22.0 Å². The summed E-state index contributed by atoms with van der Waals surface area (Å²) in [6, 6.07) is 19.7. The van der Waals surface area contributed by atoms with E-state index in [1.54, 1.807) is 61.2 Å². The summed E-state index contributed by atoms with van der Waals surface area (Å²) in [5, 5.41) is 2.86. The summed E-state index contributed by atoms with van der Waals surface area (Å²) < 4.78 is 5.30. The van der Waals surface area contributed by atoms with E-state index in [4.69, 9.17) is 16.2 Å². The Labute approximate surface area is 196 Å². The number of rotatable bonds is 7. The predicted octanol–water partition coefficient (Wildman–Crippen LogP) is 4.36. The Balaban J connectivity index is 1.51. The molecule has 4 rings (SSSR count). The molecular weight excluding hydrogens is 430 g/mol. The lowest BCUT2D eigenvalue weighted by atomic mass is 10.0. The molecule has 2 aromatic carbocycles. The van der Waals surface area contributed by atoms with Crippen molar-refractivity contribution in [2.45, 2.75) is 12.5 Å². The van der Waals surface area contributed by atoms with Crippen molar-refractivity contribution in [3.63, 3.8) is 0 Å². The smallest absolute Gasteiger partial charge is 0.405 e. The van der Waals surface area contributed by atoms with Gasteiger partial charge in [0.25, 0.3) is 5.91 Å². The number of aromatic nitrogens is 2. The van der Waals surface area contributed by atoms with E-state index < -0.39 is 12.2 Å². The van der Waals surface area contributed by atoms with Gasteiger partial charge in [-0.15, -0.1) is 0 Å². The van der Waals surface area contributed by atoms with Crippen LogP contribution in [0, 0.1) is 0 Å². The van der Waals surface area contributed by atoms with E-state index in [2.05, 4.69) is 15.3 Å². The van der Waals surface area contributed by atoms with Crippen LogP contribution in [0.5, 0.6) is 0 Å². The first kappa shape index (κ1) is 22.5. The number of nitrogen functional groups attached to an aromatic ring is 1. The molecule has 0 fully saturated rings. The molecule has 0 spiro atoms. The molecule has 0 saturated heterocycles. The molecule has 0 bridgehead atoms. The number of anilines is 2. The number of nitrogens with zero attached hydrogens (tertiary/aromatic N) is 2. The minimum Gasteiger partial charge on any atom is -0.441 e. The number of primary amides is 1. The van der Waals surface area contributed by atoms with Crippen molar-refractivity contribution >= 4 is 23.4 Å². The molecule has 8 nitrogen and oxygen atoms in total. The number of amides is 2. The van der Waals surface area contributed by atoms with Crippen LogP contribution in [0.3, 0.4) is 0 Å². The average Bonchev–Trinajstić information content (AvgIpc) is 2.86. The van der Waals surface area contributed by atoms with Gasteiger partial charge in [-0.2, -0.15) is 0 Å². The zero-order valence-corrected chi connectivity index (χ0v) is 18.2. The number of benzene rings is 2. The largest absolute Gasteiger partial charge is 0.441 e. The molecule has 2 heterocycles. The van der Waals surface area contributed by atoms with E-state index >= 15 is 0 Å². The maximum atomic E-state index is 12.9. The number of nitrogens with one attached hydrogen (secondary N) is 1. The molecule has 5 N–H and O–H groups in total. The zero-order chi connectivity index (χ0) is 23.9. The number of nitrogens with two attached hydrogens (primary N) is 2. The van der Waals surface area contributed by atoms with Gasteiger partial charge in [0.05, 0.1) is 11.4 Å². The quantitative estimate of drug-likeness (QED) is 0.356. The first-order valence-electron chi connectivity index (χ1n) is 10.6. The van der Waals surface area contributed by atoms with Gasteiger partial charge in [0.1, 0.15) is 6.10 Å². The summed E-state index contributed by atoms with van der Waals surface area (Å²) in [6.07, 6.45) is 5.73. The van der Waals surface area contributed by atoms with Gasteiger partial charge in [0.2, 0.25) is 0 Å². The minimum atomic E-state index is -0.875. The first-order chi connectivity index (χ1) is 16.5. The lowest BCUT2D eigenvalue weighted by molar-refractivity contribution is 0.102. The van der Waals surface area contributed by atoms with Gasteiger partial charge >= 0.3 is 6.09 Å². The van der Waals surface area contributed by atoms with Gasteiger partial charge in [-0.1, -0.05) is 30.3 Å². The van der Waals surface area contributed by atoms with E-state index in [0.29, 0.717) is 28.9 Å². The number of hydrogen-bond acceptors (Lipinski definition) is 6. The Morgan fingerprint density at radius 2 is 1.65 bits per heavy atom. The van der Waals surface area contributed by atoms with Crippen molar-refractivity contribution in [3.8, 4) is 11.1 Å². The third kappa shape index (κ3) is 5.55. The Morgan fingerprint density at radius 1 is 0.912 bits per heavy atom. The number of pyridine rings is 2. The fraction of sp³-hybridized carbons (Fsp3) is 0.0769. The molecule has 0 aliphatic heterocycles. The van der Waals surface area contributed by atoms with Crippen LogP contribution in [0.1, 0.15) is 27.6 Å². The van der Waals surface area contributed by atoms with Gasteiger partial charge < -0.3 is 21.5 Å². The van der Waals surface area contributed by atoms with Gasteiger partial charge in [0.15, 0.2) is 0 Å². The Kier molecular flexibility index (Phi) is 6.78. The first-order valence-corrected chi connectivity index (χ1v) is 10.6. The Hall–Kier alpha value is -4.72. The van der Waals surface area contributed by atoms with Gasteiger partial charge in [0, 0.05) is 42.3 Å². The standard InChI is InChI=1S/C26H23N5O3/c27-22-10-9-20(21-4-2-12-30-16-21)14-23(22)31-25(32)19-7-5-18(6-8-19)24(34-26(28)33)13-17-3-1-11-29-15-17/h1-12,14-16,24H,13,27H2,(H2,28,33)(H,31,32). The van der Waals surface area contributed by atoms with E-state index in [-0.39, 0.29) is 5.91 Å². The van der Waals surface area contributed by atoms with Crippen molar-refractivity contribution < 1.29 is 14.3 Å². The normalized spacial score (nSPS) is 11.4. The molecule has 2 aromatic heterocycles. The number of carbonyl (C=O) groups excluding carboxylic acids is 2. The highest BCUT2D eigenvalue weighted by atomic mass is 16.6. The van der Waals surface area contributed by atoms with E-state index in [0.717, 1.165) is 16.7 Å². The maximum absolute atomic E-state index is 12.9. The fourth-order valence-corrected chi connectivity index (χ4v) is 3.52. The lowest BCUT2D eigenvalue weighted by Gasteiger charge is -2.17. The summed E-state index contributed by atoms with van der Waals surface area (Å²) in [5.41, 5.74) is 16.1. The van der Waals surface area contributed by atoms with Crippen molar-refractivity contribution in [2.75, 3.05) is 11.1 Å². The van der Waals surface area contributed by atoms with Gasteiger partial charge in [-0.25, -0.2) is 4.79 Å². The second-order valence-corrected chi connectivity index (χ2v) is 7.61. The molecule has 0 aliphatic rings. The second-order valence-electron chi connectivity index (χ2n) is 7.61. The minimum absolute atomic E-state index is 0.318. The molecule has 0 saturated carbocycles. The Bertz CT molecular complexity index is 1280. The number of hydrogen-bond donors (Lipinski definition) is 3. The van der Waals surface area contributed by atoms with Crippen LogP contribution in [0.25, 0.3) is 11.1 Å². The van der Waals surface area contributed by atoms with Crippen molar-refractivity contribution in [3.05, 3.63) is 108 Å². The van der Waals surface area contributed by atoms with Crippen molar-refractivity contribution in [1.82, 2.24) is 9.97 Å². The van der Waals surface area contributed by atoms with E-state index in [1.165, 1.54) is 0 Å². The number of carbonyl (C=O) groups is 2. The average molecular weight is 454 g/mol. The predicted molar refractivity (Wildman–Crippen MR) is 130 cm³/mol. The van der Waals surface area contributed by atoms with E-state index in [1.807, 2.05) is 30.3 Å². The highest BCUT2D eigenvalue weighted by molar-refractivity contribution is 6.06. The molecule has 4 aromatic rings. The monoisotopic (exact) mass is 453 g/mol. The fourth-order valence-electron chi connectivity index (χ4n) is 3.52. The molecule has 8 heteroatoms. The summed E-state index contributed by atoms with van der Waals surface area (Å²) >= 11 is 0.